The fourth-order valence-corrected chi connectivity index (χ4v) is 1.96. The topological polar surface area (TPSA) is 53.0 Å². The van der Waals surface area contributed by atoms with Crippen molar-refractivity contribution in [3.8, 4) is 6.07 Å². The van der Waals surface area contributed by atoms with E-state index >= 15 is 0 Å². The lowest BCUT2D eigenvalue weighted by Gasteiger charge is -2.38. The molecular weight excluding hydrogens is 150 g/mol. The van der Waals surface area contributed by atoms with Crippen LogP contribution in [0.25, 0.3) is 0 Å². The minimum Gasteiger partial charge on any atom is -0.329 e. The van der Waals surface area contributed by atoms with Gasteiger partial charge in [-0.1, -0.05) is 6.42 Å². The van der Waals surface area contributed by atoms with Crippen LogP contribution in [-0.2, 0) is 0 Å². The number of piperidine rings is 1. The number of nitrogens with two attached hydrogens (primary N) is 1. The first kappa shape index (κ1) is 9.50. The van der Waals surface area contributed by atoms with Crippen LogP contribution in [0.15, 0.2) is 0 Å². The summed E-state index contributed by atoms with van der Waals surface area (Å²) in [6.45, 7) is 3.40. The average Bonchev–Trinajstić information content (AvgIpc) is 2.09. The molecule has 0 aromatic heterocycles. The van der Waals surface area contributed by atoms with Crippen molar-refractivity contribution in [2.75, 3.05) is 13.1 Å². The molecule has 68 valence electrons. The van der Waals surface area contributed by atoms with Gasteiger partial charge in [-0.15, -0.1) is 0 Å². The van der Waals surface area contributed by atoms with E-state index in [1.54, 1.807) is 0 Å². The Hall–Kier alpha value is -0.590. The van der Waals surface area contributed by atoms with Gasteiger partial charge in [0.1, 0.15) is 0 Å². The maximum Gasteiger partial charge on any atom is 0.0871 e. The standard InChI is InChI=1S/C9H17N3/c1-8-3-2-4-9(7-11)12(8)6-5-10/h8-9H,2-4,6-7,11H2,1H3. The second kappa shape index (κ2) is 4.44. The highest BCUT2D eigenvalue weighted by Crippen LogP contribution is 2.21. The number of likely N-dealkylation sites (tertiary alicyclic amines) is 1. The SMILES string of the molecule is CC1CCCC(CN)N1CC#N. The predicted molar refractivity (Wildman–Crippen MR) is 48.5 cm³/mol. The molecule has 0 aliphatic carbocycles. The largest absolute Gasteiger partial charge is 0.329 e. The molecule has 0 bridgehead atoms. The average molecular weight is 167 g/mol. The van der Waals surface area contributed by atoms with E-state index in [1.165, 1.54) is 12.8 Å². The summed E-state index contributed by atoms with van der Waals surface area (Å²) in [5.41, 5.74) is 5.64. The first-order chi connectivity index (χ1) is 5.79. The van der Waals surface area contributed by atoms with E-state index in [-0.39, 0.29) is 0 Å². The van der Waals surface area contributed by atoms with Gasteiger partial charge in [-0.2, -0.15) is 5.26 Å². The molecule has 0 amide bonds. The maximum atomic E-state index is 8.62. The summed E-state index contributed by atoms with van der Waals surface area (Å²) in [5.74, 6) is 0. The fraction of sp³-hybridized carbons (Fsp3) is 0.889. The molecule has 1 rings (SSSR count). The zero-order valence-electron chi connectivity index (χ0n) is 7.66. The van der Waals surface area contributed by atoms with Crippen molar-refractivity contribution in [2.45, 2.75) is 38.3 Å². The van der Waals surface area contributed by atoms with E-state index in [2.05, 4.69) is 17.9 Å². The zero-order valence-corrected chi connectivity index (χ0v) is 7.66. The van der Waals surface area contributed by atoms with Crippen LogP contribution in [0.2, 0.25) is 0 Å². The predicted octanol–water partition coefficient (Wildman–Crippen LogP) is 0.712. The Kier molecular flexibility index (Phi) is 3.51. The van der Waals surface area contributed by atoms with Crippen LogP contribution in [0, 0.1) is 11.3 Å². The Morgan fingerprint density at radius 3 is 2.92 bits per heavy atom. The molecule has 1 heterocycles. The normalized spacial score (nSPS) is 31.4. The molecule has 1 saturated heterocycles. The summed E-state index contributed by atoms with van der Waals surface area (Å²) in [6.07, 6.45) is 3.62. The van der Waals surface area contributed by atoms with Crippen molar-refractivity contribution in [3.05, 3.63) is 0 Å². The van der Waals surface area contributed by atoms with Crippen molar-refractivity contribution in [3.63, 3.8) is 0 Å². The highest BCUT2D eigenvalue weighted by molar-refractivity contribution is 4.88. The monoisotopic (exact) mass is 167 g/mol. The van der Waals surface area contributed by atoms with Crippen LogP contribution in [-0.4, -0.2) is 30.1 Å². The first-order valence-electron chi connectivity index (χ1n) is 4.62. The van der Waals surface area contributed by atoms with Crippen molar-refractivity contribution in [1.29, 1.82) is 5.26 Å². The van der Waals surface area contributed by atoms with Crippen LogP contribution in [0.1, 0.15) is 26.2 Å². The maximum absolute atomic E-state index is 8.62. The molecule has 1 aliphatic rings. The van der Waals surface area contributed by atoms with Gasteiger partial charge in [-0.3, -0.25) is 4.90 Å². The molecule has 0 aromatic rings. The lowest BCUT2D eigenvalue weighted by atomic mass is 9.97. The molecule has 2 unspecified atom stereocenters. The summed E-state index contributed by atoms with van der Waals surface area (Å²) < 4.78 is 0. The number of hydrogen-bond donors (Lipinski definition) is 1. The quantitative estimate of drug-likeness (QED) is 0.616. The second-order valence-corrected chi connectivity index (χ2v) is 3.50. The van der Waals surface area contributed by atoms with Crippen LogP contribution in [0.3, 0.4) is 0 Å². The molecule has 2 atom stereocenters. The van der Waals surface area contributed by atoms with E-state index in [0.717, 1.165) is 6.42 Å². The summed E-state index contributed by atoms with van der Waals surface area (Å²) in [7, 11) is 0. The summed E-state index contributed by atoms with van der Waals surface area (Å²) in [6, 6.07) is 3.18. The fourth-order valence-electron chi connectivity index (χ4n) is 1.96. The smallest absolute Gasteiger partial charge is 0.0871 e. The van der Waals surface area contributed by atoms with Crippen LogP contribution < -0.4 is 5.73 Å². The van der Waals surface area contributed by atoms with Crippen molar-refractivity contribution in [2.24, 2.45) is 5.73 Å². The Morgan fingerprint density at radius 1 is 1.58 bits per heavy atom. The van der Waals surface area contributed by atoms with Crippen LogP contribution in [0.4, 0.5) is 0 Å². The Labute approximate surface area is 74.1 Å². The lowest BCUT2D eigenvalue weighted by Crippen LogP contribution is -2.48. The molecule has 3 heteroatoms. The van der Waals surface area contributed by atoms with Gasteiger partial charge in [0.15, 0.2) is 0 Å². The van der Waals surface area contributed by atoms with E-state index in [0.29, 0.717) is 25.2 Å². The summed E-state index contributed by atoms with van der Waals surface area (Å²) in [5, 5.41) is 8.62. The van der Waals surface area contributed by atoms with E-state index in [4.69, 9.17) is 11.0 Å². The van der Waals surface area contributed by atoms with Gasteiger partial charge < -0.3 is 5.73 Å². The minimum absolute atomic E-state index is 0.438. The summed E-state index contributed by atoms with van der Waals surface area (Å²) in [4.78, 5) is 2.23. The molecule has 2 N–H and O–H groups in total. The highest BCUT2D eigenvalue weighted by atomic mass is 15.2. The van der Waals surface area contributed by atoms with Gasteiger partial charge in [0.05, 0.1) is 12.6 Å². The van der Waals surface area contributed by atoms with Gasteiger partial charge >= 0.3 is 0 Å². The molecule has 1 fully saturated rings. The number of hydrogen-bond acceptors (Lipinski definition) is 3. The van der Waals surface area contributed by atoms with Crippen molar-refractivity contribution >= 4 is 0 Å². The third-order valence-electron chi connectivity index (χ3n) is 2.72. The van der Waals surface area contributed by atoms with Gasteiger partial charge in [-0.05, 0) is 19.8 Å². The Balaban J connectivity index is 2.54. The second-order valence-electron chi connectivity index (χ2n) is 3.50. The van der Waals surface area contributed by atoms with E-state index in [1.807, 2.05) is 0 Å². The minimum atomic E-state index is 0.438. The van der Waals surface area contributed by atoms with Gasteiger partial charge in [0.2, 0.25) is 0 Å². The number of rotatable bonds is 2. The molecule has 0 saturated carbocycles. The molecule has 3 nitrogen and oxygen atoms in total. The summed E-state index contributed by atoms with van der Waals surface area (Å²) >= 11 is 0. The third kappa shape index (κ3) is 1.96. The van der Waals surface area contributed by atoms with Crippen LogP contribution in [0.5, 0.6) is 0 Å². The zero-order chi connectivity index (χ0) is 8.97. The molecule has 1 aliphatic heterocycles. The van der Waals surface area contributed by atoms with Crippen LogP contribution >= 0.6 is 0 Å². The highest BCUT2D eigenvalue weighted by Gasteiger charge is 2.25. The van der Waals surface area contributed by atoms with Gasteiger partial charge in [-0.25, -0.2) is 0 Å². The lowest BCUT2D eigenvalue weighted by molar-refractivity contribution is 0.114. The van der Waals surface area contributed by atoms with E-state index in [9.17, 15) is 0 Å². The van der Waals surface area contributed by atoms with Gasteiger partial charge in [0.25, 0.3) is 0 Å². The van der Waals surface area contributed by atoms with Crippen molar-refractivity contribution in [1.82, 2.24) is 4.90 Å². The molecule has 12 heavy (non-hydrogen) atoms. The van der Waals surface area contributed by atoms with Crippen molar-refractivity contribution < 1.29 is 0 Å². The number of nitrogens with zero attached hydrogens (tertiary/aromatic N) is 2. The Morgan fingerprint density at radius 2 is 2.33 bits per heavy atom. The molecule has 0 radical (unpaired) electrons. The molecule has 0 spiro atoms. The molecule has 0 aromatic carbocycles. The molecular formula is C9H17N3. The van der Waals surface area contributed by atoms with E-state index < -0.39 is 0 Å². The number of nitriles is 1. The first-order valence-corrected chi connectivity index (χ1v) is 4.62. The van der Waals surface area contributed by atoms with Gasteiger partial charge in [0, 0.05) is 18.6 Å². The Bertz CT molecular complexity index is 173. The third-order valence-corrected chi connectivity index (χ3v) is 2.72.